The fourth-order valence-electron chi connectivity index (χ4n) is 3.60. The lowest BCUT2D eigenvalue weighted by molar-refractivity contribution is -0.165. The van der Waals surface area contributed by atoms with Crippen molar-refractivity contribution >= 4 is 11.9 Å². The van der Waals surface area contributed by atoms with Gasteiger partial charge in [0.1, 0.15) is 0 Å². The lowest BCUT2D eigenvalue weighted by Gasteiger charge is -2.24. The van der Waals surface area contributed by atoms with Crippen molar-refractivity contribution in [3.05, 3.63) is 23.3 Å². The number of carbonyl (C=O) groups is 2. The Bertz CT molecular complexity index is 486. The average molecular weight is 350 g/mol. The molecule has 0 bridgehead atoms. The van der Waals surface area contributed by atoms with Crippen LogP contribution in [0.5, 0.6) is 0 Å². The summed E-state index contributed by atoms with van der Waals surface area (Å²) in [4.78, 5) is 25.6. The predicted molar refractivity (Wildman–Crippen MR) is 99.9 cm³/mol. The van der Waals surface area contributed by atoms with Crippen LogP contribution >= 0.6 is 0 Å². The molecule has 0 saturated heterocycles. The number of hydrogen-bond acceptors (Lipinski definition) is 4. The van der Waals surface area contributed by atoms with Crippen molar-refractivity contribution in [2.24, 2.45) is 23.7 Å². The zero-order chi connectivity index (χ0) is 19.3. The van der Waals surface area contributed by atoms with Gasteiger partial charge in [-0.3, -0.25) is 9.59 Å². The van der Waals surface area contributed by atoms with Crippen molar-refractivity contribution in [1.29, 1.82) is 0 Å². The molecular weight excluding hydrogens is 316 g/mol. The van der Waals surface area contributed by atoms with Crippen molar-refractivity contribution in [3.63, 3.8) is 0 Å². The summed E-state index contributed by atoms with van der Waals surface area (Å²) in [6, 6.07) is 0. The van der Waals surface area contributed by atoms with Crippen molar-refractivity contribution < 1.29 is 19.1 Å². The second-order valence-corrected chi connectivity index (χ2v) is 8.07. The smallest absolute Gasteiger partial charge is 0.310 e. The van der Waals surface area contributed by atoms with Gasteiger partial charge >= 0.3 is 11.9 Å². The largest absolute Gasteiger partial charge is 0.463 e. The second kappa shape index (κ2) is 9.21. The maximum absolute atomic E-state index is 12.8. The molecule has 0 N–H and O–H groups in total. The Hall–Kier alpha value is -1.58. The van der Waals surface area contributed by atoms with Crippen LogP contribution in [0.3, 0.4) is 0 Å². The lowest BCUT2D eigenvalue weighted by Crippen LogP contribution is -2.35. The summed E-state index contributed by atoms with van der Waals surface area (Å²) in [6.45, 7) is 15.4. The minimum absolute atomic E-state index is 0.0124. The fraction of sp³-hybridized carbons (Fsp3) is 0.714. The highest BCUT2D eigenvalue weighted by Crippen LogP contribution is 2.45. The van der Waals surface area contributed by atoms with Crippen LogP contribution in [-0.2, 0) is 19.1 Å². The van der Waals surface area contributed by atoms with E-state index in [9.17, 15) is 9.59 Å². The molecule has 1 aliphatic carbocycles. The predicted octanol–water partition coefficient (Wildman–Crippen LogP) is 4.69. The van der Waals surface area contributed by atoms with Crippen LogP contribution in [0.4, 0.5) is 0 Å². The fourth-order valence-corrected chi connectivity index (χ4v) is 3.60. The topological polar surface area (TPSA) is 52.6 Å². The second-order valence-electron chi connectivity index (χ2n) is 8.07. The van der Waals surface area contributed by atoms with Gasteiger partial charge in [-0.1, -0.05) is 23.3 Å². The van der Waals surface area contributed by atoms with Gasteiger partial charge in [0.2, 0.25) is 0 Å². The van der Waals surface area contributed by atoms with Crippen molar-refractivity contribution in [2.45, 2.75) is 74.0 Å². The summed E-state index contributed by atoms with van der Waals surface area (Å²) in [5, 5.41) is 0. The molecule has 0 amide bonds. The highest BCUT2D eigenvalue weighted by Gasteiger charge is 2.50. The first-order valence-corrected chi connectivity index (χ1v) is 9.24. The molecule has 4 atom stereocenters. The molecule has 25 heavy (non-hydrogen) atoms. The van der Waals surface area contributed by atoms with Gasteiger partial charge in [0.05, 0.1) is 24.0 Å². The minimum atomic E-state index is -0.496. The maximum Gasteiger partial charge on any atom is 0.310 e. The van der Waals surface area contributed by atoms with Crippen LogP contribution in [0, 0.1) is 23.7 Å². The SMILES string of the molecule is CC(C)=CC1CC(C=C(C)C)C(C(=O)OC(C)C)C1C(=O)OC(C)C. The summed E-state index contributed by atoms with van der Waals surface area (Å²) >= 11 is 0. The standard InChI is InChI=1S/C21H34O4/c1-12(2)9-16-11-17(10-13(3)4)19(21(23)25-15(7)8)18(16)20(22)24-14(5)6/h9-10,14-19H,11H2,1-8H3. The first-order valence-electron chi connectivity index (χ1n) is 9.24. The molecule has 1 fully saturated rings. The van der Waals surface area contributed by atoms with Gasteiger partial charge in [-0.15, -0.1) is 0 Å². The van der Waals surface area contributed by atoms with E-state index in [1.54, 1.807) is 0 Å². The van der Waals surface area contributed by atoms with Crippen LogP contribution < -0.4 is 0 Å². The third-order valence-electron chi connectivity index (χ3n) is 4.20. The van der Waals surface area contributed by atoms with Gasteiger partial charge in [0.15, 0.2) is 0 Å². The van der Waals surface area contributed by atoms with Crippen LogP contribution in [0.1, 0.15) is 61.8 Å². The molecular formula is C21H34O4. The highest BCUT2D eigenvalue weighted by atomic mass is 16.6. The Balaban J connectivity index is 3.30. The first-order chi connectivity index (χ1) is 11.5. The third-order valence-corrected chi connectivity index (χ3v) is 4.20. The molecule has 142 valence electrons. The van der Waals surface area contributed by atoms with E-state index in [1.807, 2.05) is 55.4 Å². The molecule has 0 aromatic carbocycles. The summed E-state index contributed by atoms with van der Waals surface area (Å²) < 4.78 is 11.0. The lowest BCUT2D eigenvalue weighted by atomic mass is 9.85. The third kappa shape index (κ3) is 6.33. The van der Waals surface area contributed by atoms with E-state index in [0.717, 1.165) is 17.6 Å². The van der Waals surface area contributed by atoms with E-state index >= 15 is 0 Å². The molecule has 0 aromatic rings. The molecule has 0 aromatic heterocycles. The number of allylic oxidation sites excluding steroid dienone is 4. The normalized spacial score (nSPS) is 25.7. The Morgan fingerprint density at radius 2 is 1.08 bits per heavy atom. The quantitative estimate of drug-likeness (QED) is 0.515. The average Bonchev–Trinajstić information content (AvgIpc) is 2.73. The van der Waals surface area contributed by atoms with E-state index < -0.39 is 11.8 Å². The molecule has 0 aliphatic heterocycles. The van der Waals surface area contributed by atoms with Gasteiger partial charge < -0.3 is 9.47 Å². The van der Waals surface area contributed by atoms with Crippen molar-refractivity contribution in [1.82, 2.24) is 0 Å². The van der Waals surface area contributed by atoms with Crippen LogP contribution in [0.25, 0.3) is 0 Å². The molecule has 4 nitrogen and oxygen atoms in total. The summed E-state index contributed by atoms with van der Waals surface area (Å²) in [5.41, 5.74) is 2.28. The number of carbonyl (C=O) groups excluding carboxylic acids is 2. The van der Waals surface area contributed by atoms with Crippen LogP contribution in [0.2, 0.25) is 0 Å². The highest BCUT2D eigenvalue weighted by molar-refractivity contribution is 5.84. The van der Waals surface area contributed by atoms with E-state index in [4.69, 9.17) is 9.47 Å². The zero-order valence-corrected chi connectivity index (χ0v) is 17.0. The maximum atomic E-state index is 12.8. The molecule has 0 spiro atoms. The summed E-state index contributed by atoms with van der Waals surface area (Å²) in [6.07, 6.45) is 4.54. The van der Waals surface area contributed by atoms with E-state index in [-0.39, 0.29) is 36.0 Å². The number of rotatable bonds is 6. The van der Waals surface area contributed by atoms with Gasteiger partial charge in [0, 0.05) is 0 Å². The molecule has 1 saturated carbocycles. The number of hydrogen-bond donors (Lipinski definition) is 0. The molecule has 4 heteroatoms. The zero-order valence-electron chi connectivity index (χ0n) is 17.0. The summed E-state index contributed by atoms with van der Waals surface area (Å²) in [7, 11) is 0. The van der Waals surface area contributed by atoms with Crippen molar-refractivity contribution in [3.8, 4) is 0 Å². The molecule has 1 rings (SSSR count). The van der Waals surface area contributed by atoms with Crippen molar-refractivity contribution in [2.75, 3.05) is 0 Å². The van der Waals surface area contributed by atoms with E-state index in [0.29, 0.717) is 0 Å². The van der Waals surface area contributed by atoms with Gasteiger partial charge in [-0.25, -0.2) is 0 Å². The Kier molecular flexibility index (Phi) is 7.91. The van der Waals surface area contributed by atoms with E-state index in [2.05, 4.69) is 12.2 Å². The molecule has 1 aliphatic rings. The monoisotopic (exact) mass is 350 g/mol. The molecule has 4 unspecified atom stereocenters. The van der Waals surface area contributed by atoms with Gasteiger partial charge in [0.25, 0.3) is 0 Å². The number of esters is 2. The first kappa shape index (κ1) is 21.5. The van der Waals surface area contributed by atoms with Crippen LogP contribution in [-0.4, -0.2) is 24.1 Å². The Morgan fingerprint density at radius 3 is 1.32 bits per heavy atom. The number of ether oxygens (including phenoxy) is 2. The minimum Gasteiger partial charge on any atom is -0.463 e. The Labute approximate surface area is 152 Å². The van der Waals surface area contributed by atoms with Crippen LogP contribution in [0.15, 0.2) is 23.3 Å². The van der Waals surface area contributed by atoms with E-state index in [1.165, 1.54) is 0 Å². The Morgan fingerprint density at radius 1 is 0.760 bits per heavy atom. The van der Waals surface area contributed by atoms with Gasteiger partial charge in [-0.05, 0) is 73.6 Å². The molecule has 0 heterocycles. The summed E-state index contributed by atoms with van der Waals surface area (Å²) in [5.74, 6) is -1.61. The molecule has 0 radical (unpaired) electrons. The van der Waals surface area contributed by atoms with Gasteiger partial charge in [-0.2, -0.15) is 0 Å².